The summed E-state index contributed by atoms with van der Waals surface area (Å²) >= 11 is 1.36. The number of hydrogen-bond donors (Lipinski definition) is 1. The minimum absolute atomic E-state index is 0.0260. The number of thiazole rings is 1. The number of nitrogens with one attached hydrogen (secondary N) is 1. The highest BCUT2D eigenvalue weighted by atomic mass is 32.1. The van der Waals surface area contributed by atoms with Crippen LogP contribution in [0.3, 0.4) is 0 Å². The monoisotopic (exact) mass is 289 g/mol. The summed E-state index contributed by atoms with van der Waals surface area (Å²) in [6, 6.07) is 2.02. The van der Waals surface area contributed by atoms with E-state index in [0.29, 0.717) is 4.88 Å². The van der Waals surface area contributed by atoms with Crippen molar-refractivity contribution in [1.29, 1.82) is 0 Å². The van der Waals surface area contributed by atoms with Crippen molar-refractivity contribution in [3.8, 4) is 0 Å². The van der Waals surface area contributed by atoms with Gasteiger partial charge in [-0.25, -0.2) is 9.97 Å². The van der Waals surface area contributed by atoms with Crippen LogP contribution in [0.15, 0.2) is 30.2 Å². The van der Waals surface area contributed by atoms with Crippen LogP contribution in [0.5, 0.6) is 0 Å². The van der Waals surface area contributed by atoms with Crippen LogP contribution in [-0.4, -0.2) is 40.0 Å². The molecule has 0 atom stereocenters. The van der Waals surface area contributed by atoms with Crippen molar-refractivity contribution in [3.05, 3.63) is 35.0 Å². The summed E-state index contributed by atoms with van der Waals surface area (Å²) in [5.41, 5.74) is 1.67. The first kappa shape index (κ1) is 13.0. The first-order valence-electron chi connectivity index (χ1n) is 6.54. The third-order valence-corrected chi connectivity index (χ3v) is 4.09. The summed E-state index contributed by atoms with van der Waals surface area (Å²) < 4.78 is 0. The second kappa shape index (κ2) is 5.96. The molecule has 0 unspecified atom stereocenters. The van der Waals surface area contributed by atoms with Gasteiger partial charge in [0.05, 0.1) is 11.7 Å². The average molecular weight is 289 g/mol. The molecule has 0 radical (unpaired) electrons. The predicted octanol–water partition coefficient (Wildman–Crippen LogP) is 1.33. The molecule has 1 saturated heterocycles. The molecule has 1 aliphatic rings. The standard InChI is InChI=1S/C13H15N5OS/c19-12(11-8-14-9-20-11)17-10-2-6-18(7-3-10)13-15-4-1-5-16-13/h1,4-5,8-10H,2-3,6-7H2,(H,17,19). The first-order chi connectivity index (χ1) is 9.83. The molecule has 6 nitrogen and oxygen atoms in total. The minimum Gasteiger partial charge on any atom is -0.348 e. The Kier molecular flexibility index (Phi) is 3.87. The summed E-state index contributed by atoms with van der Waals surface area (Å²) in [6.45, 7) is 1.72. The number of anilines is 1. The lowest BCUT2D eigenvalue weighted by molar-refractivity contribution is 0.0935. The Morgan fingerprint density at radius 1 is 1.30 bits per heavy atom. The third kappa shape index (κ3) is 2.93. The van der Waals surface area contributed by atoms with Crippen LogP contribution in [0.25, 0.3) is 0 Å². The zero-order chi connectivity index (χ0) is 13.8. The van der Waals surface area contributed by atoms with Crippen molar-refractivity contribution in [1.82, 2.24) is 20.3 Å². The van der Waals surface area contributed by atoms with Gasteiger partial charge in [-0.1, -0.05) is 0 Å². The fraction of sp³-hybridized carbons (Fsp3) is 0.385. The SMILES string of the molecule is O=C(NC1CCN(c2ncccn2)CC1)c1cncs1. The number of rotatable bonds is 3. The molecule has 0 spiro atoms. The zero-order valence-electron chi connectivity index (χ0n) is 10.9. The lowest BCUT2D eigenvalue weighted by Crippen LogP contribution is -2.45. The molecule has 1 amide bonds. The maximum absolute atomic E-state index is 11.9. The summed E-state index contributed by atoms with van der Waals surface area (Å²) in [7, 11) is 0. The van der Waals surface area contributed by atoms with E-state index in [0.717, 1.165) is 31.9 Å². The van der Waals surface area contributed by atoms with E-state index in [1.807, 2.05) is 6.07 Å². The molecular formula is C13H15N5OS. The number of aromatic nitrogens is 3. The molecule has 1 aliphatic heterocycles. The number of piperidine rings is 1. The van der Waals surface area contributed by atoms with Gasteiger partial charge in [0.1, 0.15) is 4.88 Å². The number of amides is 1. The van der Waals surface area contributed by atoms with Crippen molar-refractivity contribution in [2.75, 3.05) is 18.0 Å². The highest BCUT2D eigenvalue weighted by Gasteiger charge is 2.22. The Hall–Kier alpha value is -2.02. The molecule has 0 aliphatic carbocycles. The number of carbonyl (C=O) groups is 1. The Labute approximate surface area is 120 Å². The molecule has 0 saturated carbocycles. The molecular weight excluding hydrogens is 274 g/mol. The van der Waals surface area contributed by atoms with Crippen LogP contribution >= 0.6 is 11.3 Å². The van der Waals surface area contributed by atoms with Crippen molar-refractivity contribution >= 4 is 23.2 Å². The topological polar surface area (TPSA) is 71.0 Å². The summed E-state index contributed by atoms with van der Waals surface area (Å²) in [6.07, 6.45) is 6.92. The quantitative estimate of drug-likeness (QED) is 0.923. The Morgan fingerprint density at radius 2 is 2.05 bits per heavy atom. The molecule has 2 aromatic heterocycles. The van der Waals surface area contributed by atoms with E-state index < -0.39 is 0 Å². The summed E-state index contributed by atoms with van der Waals surface area (Å²) in [5.74, 6) is 0.738. The fourth-order valence-electron chi connectivity index (χ4n) is 2.26. The van der Waals surface area contributed by atoms with Gasteiger partial charge < -0.3 is 10.2 Å². The van der Waals surface area contributed by atoms with E-state index in [-0.39, 0.29) is 11.9 Å². The second-order valence-electron chi connectivity index (χ2n) is 4.65. The van der Waals surface area contributed by atoms with Gasteiger partial charge >= 0.3 is 0 Å². The predicted molar refractivity (Wildman–Crippen MR) is 76.8 cm³/mol. The van der Waals surface area contributed by atoms with Gasteiger partial charge in [-0.3, -0.25) is 9.78 Å². The van der Waals surface area contributed by atoms with E-state index in [9.17, 15) is 4.79 Å². The highest BCUT2D eigenvalue weighted by Crippen LogP contribution is 2.16. The van der Waals surface area contributed by atoms with E-state index in [1.54, 1.807) is 24.1 Å². The van der Waals surface area contributed by atoms with Crippen molar-refractivity contribution < 1.29 is 4.79 Å². The molecule has 3 rings (SSSR count). The molecule has 0 aromatic carbocycles. The Balaban J connectivity index is 1.53. The van der Waals surface area contributed by atoms with Gasteiger partial charge in [0.25, 0.3) is 5.91 Å². The first-order valence-corrected chi connectivity index (χ1v) is 7.42. The average Bonchev–Trinajstić information content (AvgIpc) is 3.03. The second-order valence-corrected chi connectivity index (χ2v) is 5.54. The van der Waals surface area contributed by atoms with Gasteiger partial charge in [0, 0.05) is 31.5 Å². The summed E-state index contributed by atoms with van der Waals surface area (Å²) in [4.78, 5) is 27.2. The Morgan fingerprint density at radius 3 is 2.70 bits per heavy atom. The lowest BCUT2D eigenvalue weighted by Gasteiger charge is -2.32. The molecule has 104 valence electrons. The van der Waals surface area contributed by atoms with Gasteiger partial charge in [-0.2, -0.15) is 0 Å². The molecule has 0 bridgehead atoms. The lowest BCUT2D eigenvalue weighted by atomic mass is 10.1. The zero-order valence-corrected chi connectivity index (χ0v) is 11.7. The van der Waals surface area contributed by atoms with E-state index >= 15 is 0 Å². The third-order valence-electron chi connectivity index (χ3n) is 3.32. The van der Waals surface area contributed by atoms with Crippen LogP contribution in [0.4, 0.5) is 5.95 Å². The van der Waals surface area contributed by atoms with Crippen LogP contribution in [0.2, 0.25) is 0 Å². The molecule has 1 N–H and O–H groups in total. The van der Waals surface area contributed by atoms with Gasteiger partial charge in [-0.15, -0.1) is 11.3 Å². The minimum atomic E-state index is -0.0260. The number of hydrogen-bond acceptors (Lipinski definition) is 6. The van der Waals surface area contributed by atoms with Crippen molar-refractivity contribution in [3.63, 3.8) is 0 Å². The van der Waals surface area contributed by atoms with Crippen LogP contribution in [0.1, 0.15) is 22.5 Å². The van der Waals surface area contributed by atoms with Crippen molar-refractivity contribution in [2.24, 2.45) is 0 Å². The highest BCUT2D eigenvalue weighted by molar-refractivity contribution is 7.11. The Bertz CT molecular complexity index is 551. The largest absolute Gasteiger partial charge is 0.348 e. The maximum atomic E-state index is 11.9. The van der Waals surface area contributed by atoms with Crippen molar-refractivity contribution in [2.45, 2.75) is 18.9 Å². The van der Waals surface area contributed by atoms with Crippen LogP contribution in [0, 0.1) is 0 Å². The van der Waals surface area contributed by atoms with Gasteiger partial charge in [-0.05, 0) is 18.9 Å². The van der Waals surface area contributed by atoms with E-state index in [2.05, 4.69) is 25.2 Å². The summed E-state index contributed by atoms with van der Waals surface area (Å²) in [5, 5.41) is 3.06. The molecule has 7 heteroatoms. The normalized spacial score (nSPS) is 16.1. The van der Waals surface area contributed by atoms with Crippen LogP contribution in [-0.2, 0) is 0 Å². The number of nitrogens with zero attached hydrogens (tertiary/aromatic N) is 4. The van der Waals surface area contributed by atoms with Gasteiger partial charge in [0.2, 0.25) is 5.95 Å². The number of carbonyl (C=O) groups excluding carboxylic acids is 1. The van der Waals surface area contributed by atoms with Gasteiger partial charge in [0.15, 0.2) is 0 Å². The van der Waals surface area contributed by atoms with E-state index in [4.69, 9.17) is 0 Å². The molecule has 20 heavy (non-hydrogen) atoms. The smallest absolute Gasteiger partial charge is 0.263 e. The van der Waals surface area contributed by atoms with Crippen LogP contribution < -0.4 is 10.2 Å². The molecule has 3 heterocycles. The van der Waals surface area contributed by atoms with E-state index in [1.165, 1.54) is 11.3 Å². The maximum Gasteiger partial charge on any atom is 0.263 e. The fourth-order valence-corrected chi connectivity index (χ4v) is 2.79. The molecule has 1 fully saturated rings. The molecule has 2 aromatic rings.